The average Bonchev–Trinajstić information content (AvgIpc) is 2.85. The summed E-state index contributed by atoms with van der Waals surface area (Å²) in [5.74, 6) is -0.0654. The first-order valence-corrected chi connectivity index (χ1v) is 7.49. The van der Waals surface area contributed by atoms with E-state index in [1.54, 1.807) is 0 Å². The van der Waals surface area contributed by atoms with Gasteiger partial charge in [0.2, 0.25) is 10.0 Å². The van der Waals surface area contributed by atoms with Crippen molar-refractivity contribution in [3.63, 3.8) is 0 Å². The van der Waals surface area contributed by atoms with Crippen molar-refractivity contribution in [3.05, 3.63) is 6.20 Å². The minimum absolute atomic E-state index is 0.0654. The van der Waals surface area contributed by atoms with E-state index in [0.29, 0.717) is 6.54 Å². The van der Waals surface area contributed by atoms with Crippen molar-refractivity contribution in [2.75, 3.05) is 18.8 Å². The summed E-state index contributed by atoms with van der Waals surface area (Å²) < 4.78 is 27.2. The first-order valence-electron chi connectivity index (χ1n) is 6.05. The number of aliphatic hydroxyl groups excluding tert-OH is 2. The first kappa shape index (κ1) is 14.3. The molecule has 2 rings (SSSR count). The average molecular weight is 290 g/mol. The topological polar surface area (TPSA) is 122 Å². The lowest BCUT2D eigenvalue weighted by molar-refractivity contribution is 0.0572. The Bertz CT molecular complexity index is 546. The molecular formula is C10H18N4O4S. The number of hydrogen-bond acceptors (Lipinski definition) is 6. The van der Waals surface area contributed by atoms with Gasteiger partial charge in [0, 0.05) is 25.8 Å². The van der Waals surface area contributed by atoms with Crippen molar-refractivity contribution in [1.82, 2.24) is 14.1 Å². The Hall–Kier alpha value is -1.16. The lowest BCUT2D eigenvalue weighted by atomic mass is 10.3. The van der Waals surface area contributed by atoms with Crippen LogP contribution in [-0.4, -0.2) is 58.0 Å². The van der Waals surface area contributed by atoms with Crippen molar-refractivity contribution in [1.29, 1.82) is 0 Å². The summed E-state index contributed by atoms with van der Waals surface area (Å²) in [4.78, 5) is -0.0812. The fourth-order valence-corrected chi connectivity index (χ4v) is 3.57. The van der Waals surface area contributed by atoms with Crippen molar-refractivity contribution < 1.29 is 18.6 Å². The maximum atomic E-state index is 12.3. The second kappa shape index (κ2) is 5.08. The van der Waals surface area contributed by atoms with E-state index in [2.05, 4.69) is 5.10 Å². The molecule has 0 unspecified atom stereocenters. The number of nitrogens with two attached hydrogens (primary N) is 1. The smallest absolute Gasteiger partial charge is 0.248 e. The Kier molecular flexibility index (Phi) is 3.81. The van der Waals surface area contributed by atoms with E-state index in [-0.39, 0.29) is 23.8 Å². The largest absolute Gasteiger partial charge is 0.389 e. The first-order chi connectivity index (χ1) is 8.86. The van der Waals surface area contributed by atoms with Crippen molar-refractivity contribution in [2.24, 2.45) is 0 Å². The molecule has 1 aliphatic heterocycles. The lowest BCUT2D eigenvalue weighted by Gasteiger charge is -2.14. The van der Waals surface area contributed by atoms with Gasteiger partial charge < -0.3 is 15.9 Å². The molecule has 0 saturated carbocycles. The van der Waals surface area contributed by atoms with Gasteiger partial charge in [-0.15, -0.1) is 0 Å². The highest BCUT2D eigenvalue weighted by molar-refractivity contribution is 7.89. The normalized spacial score (nSPS) is 25.0. The quantitative estimate of drug-likeness (QED) is 0.627. The van der Waals surface area contributed by atoms with Crippen LogP contribution < -0.4 is 5.73 Å². The van der Waals surface area contributed by atoms with E-state index >= 15 is 0 Å². The summed E-state index contributed by atoms with van der Waals surface area (Å²) in [5, 5.41) is 22.8. The molecule has 9 heteroatoms. The molecule has 1 aliphatic rings. The van der Waals surface area contributed by atoms with Crippen molar-refractivity contribution in [2.45, 2.75) is 37.0 Å². The Labute approximate surface area is 111 Å². The van der Waals surface area contributed by atoms with Gasteiger partial charge in [0.05, 0.1) is 12.2 Å². The molecule has 0 aromatic carbocycles. The number of rotatable bonds is 4. The highest BCUT2D eigenvalue weighted by atomic mass is 32.2. The van der Waals surface area contributed by atoms with Crippen LogP contribution in [-0.2, 0) is 16.6 Å². The molecule has 0 bridgehead atoms. The van der Waals surface area contributed by atoms with Gasteiger partial charge in [0.15, 0.2) is 5.82 Å². The van der Waals surface area contributed by atoms with Gasteiger partial charge in [0.25, 0.3) is 0 Å². The molecule has 0 amide bonds. The fourth-order valence-electron chi connectivity index (χ4n) is 2.03. The van der Waals surface area contributed by atoms with E-state index in [1.807, 2.05) is 6.92 Å². The highest BCUT2D eigenvalue weighted by Crippen LogP contribution is 2.25. The molecule has 1 aromatic heterocycles. The van der Waals surface area contributed by atoms with E-state index in [0.717, 1.165) is 10.7 Å². The van der Waals surface area contributed by atoms with Gasteiger partial charge in [-0.05, 0) is 6.42 Å². The van der Waals surface area contributed by atoms with Crippen LogP contribution in [0.2, 0.25) is 0 Å². The van der Waals surface area contributed by atoms with Crippen LogP contribution in [0.4, 0.5) is 5.82 Å². The predicted molar refractivity (Wildman–Crippen MR) is 67.7 cm³/mol. The number of hydrogen-bond donors (Lipinski definition) is 3. The van der Waals surface area contributed by atoms with E-state index < -0.39 is 22.2 Å². The Morgan fingerprint density at radius 1 is 1.42 bits per heavy atom. The maximum absolute atomic E-state index is 12.3. The maximum Gasteiger partial charge on any atom is 0.248 e. The third-order valence-corrected chi connectivity index (χ3v) is 4.90. The molecule has 1 fully saturated rings. The number of aromatic nitrogens is 2. The number of β-amino-alcohol motifs (C(OH)–C–C–N with tert-alkyl or cyclic N) is 2. The van der Waals surface area contributed by atoms with Gasteiger partial charge in [-0.2, -0.15) is 9.40 Å². The molecule has 19 heavy (non-hydrogen) atoms. The second-order valence-corrected chi connectivity index (χ2v) is 6.50. The van der Waals surface area contributed by atoms with Gasteiger partial charge in [0.1, 0.15) is 4.90 Å². The van der Waals surface area contributed by atoms with Crippen molar-refractivity contribution in [3.8, 4) is 0 Å². The molecule has 0 radical (unpaired) electrons. The number of nitrogen functional groups attached to an aromatic ring is 1. The molecule has 1 saturated heterocycles. The van der Waals surface area contributed by atoms with E-state index in [4.69, 9.17) is 5.73 Å². The summed E-state index contributed by atoms with van der Waals surface area (Å²) in [6.45, 7) is 2.24. The number of sulfonamides is 1. The third kappa shape index (κ3) is 2.59. The van der Waals surface area contributed by atoms with Gasteiger partial charge in [-0.25, -0.2) is 8.42 Å². The molecule has 2 heterocycles. The third-order valence-electron chi connectivity index (χ3n) is 3.05. The molecule has 2 atom stereocenters. The standard InChI is InChI=1S/C10H18N4O4S/c1-2-3-13-6-9(10(11)12-13)19(17,18)14-4-7(15)8(16)5-14/h6-8,15-16H,2-5H2,1H3,(H2,11,12)/t7-,8+. The molecule has 8 nitrogen and oxygen atoms in total. The summed E-state index contributed by atoms with van der Waals surface area (Å²) in [6, 6.07) is 0. The van der Waals surface area contributed by atoms with Crippen LogP contribution >= 0.6 is 0 Å². The number of aliphatic hydroxyl groups is 2. The van der Waals surface area contributed by atoms with E-state index in [9.17, 15) is 18.6 Å². The SMILES string of the molecule is CCCn1cc(S(=O)(=O)N2C[C@@H](O)[C@@H](O)C2)c(N)n1. The monoisotopic (exact) mass is 290 g/mol. The molecule has 0 aliphatic carbocycles. The Morgan fingerprint density at radius 2 is 2.00 bits per heavy atom. The zero-order chi connectivity index (χ0) is 14.2. The Balaban J connectivity index is 2.30. The van der Waals surface area contributed by atoms with Crippen LogP contribution in [0.3, 0.4) is 0 Å². The fraction of sp³-hybridized carbons (Fsp3) is 0.700. The van der Waals surface area contributed by atoms with Crippen LogP contribution in [0, 0.1) is 0 Å². The minimum atomic E-state index is -3.83. The molecular weight excluding hydrogens is 272 g/mol. The van der Waals surface area contributed by atoms with Crippen LogP contribution in [0.5, 0.6) is 0 Å². The Morgan fingerprint density at radius 3 is 2.53 bits per heavy atom. The summed E-state index contributed by atoms with van der Waals surface area (Å²) in [7, 11) is -3.83. The van der Waals surface area contributed by atoms with E-state index in [1.165, 1.54) is 10.9 Å². The van der Waals surface area contributed by atoms with Gasteiger partial charge >= 0.3 is 0 Å². The van der Waals surface area contributed by atoms with Crippen LogP contribution in [0.1, 0.15) is 13.3 Å². The lowest BCUT2D eigenvalue weighted by Crippen LogP contribution is -2.30. The summed E-state index contributed by atoms with van der Waals surface area (Å²) in [6.07, 6.45) is 0.0517. The second-order valence-electron chi connectivity index (χ2n) is 4.60. The zero-order valence-corrected chi connectivity index (χ0v) is 11.4. The molecule has 0 spiro atoms. The summed E-state index contributed by atoms with van der Waals surface area (Å²) in [5.41, 5.74) is 5.63. The number of anilines is 1. The number of nitrogens with zero attached hydrogens (tertiary/aromatic N) is 3. The molecule has 4 N–H and O–H groups in total. The summed E-state index contributed by atoms with van der Waals surface area (Å²) >= 11 is 0. The van der Waals surface area contributed by atoms with Gasteiger partial charge in [-0.1, -0.05) is 6.92 Å². The highest BCUT2D eigenvalue weighted by Gasteiger charge is 2.39. The van der Waals surface area contributed by atoms with Gasteiger partial charge in [-0.3, -0.25) is 4.68 Å². The number of aryl methyl sites for hydroxylation is 1. The molecule has 108 valence electrons. The zero-order valence-electron chi connectivity index (χ0n) is 10.6. The molecule has 1 aromatic rings. The van der Waals surface area contributed by atoms with Crippen LogP contribution in [0.25, 0.3) is 0 Å². The van der Waals surface area contributed by atoms with Crippen molar-refractivity contribution >= 4 is 15.8 Å². The predicted octanol–water partition coefficient (Wildman–Crippen LogP) is -1.40. The van der Waals surface area contributed by atoms with Crippen LogP contribution in [0.15, 0.2) is 11.1 Å². The minimum Gasteiger partial charge on any atom is -0.389 e.